The Balaban J connectivity index is 1.18. The average molecular weight is 597 g/mol. The number of rotatable bonds is 3. The molecule has 0 radical (unpaired) electrons. The highest BCUT2D eigenvalue weighted by Crippen LogP contribution is 2.45. The molecule has 9 aromatic carbocycles. The zero-order valence-electron chi connectivity index (χ0n) is 25.6. The molecule has 0 aliphatic heterocycles. The van der Waals surface area contributed by atoms with Crippen LogP contribution in [-0.4, -0.2) is 0 Å². The molecule has 1 nitrogen and oxygen atoms in total. The average Bonchev–Trinajstić information content (AvgIpc) is 3.53. The molecule has 47 heavy (non-hydrogen) atoms. The van der Waals surface area contributed by atoms with Crippen molar-refractivity contribution >= 4 is 65.0 Å². The normalized spacial score (nSPS) is 11.8. The van der Waals surface area contributed by atoms with Crippen molar-refractivity contribution in [3.8, 4) is 33.4 Å². The van der Waals surface area contributed by atoms with E-state index < -0.39 is 0 Å². The molecule has 0 atom stereocenters. The number of hydrogen-bond donors (Lipinski definition) is 0. The first-order valence-electron chi connectivity index (χ1n) is 16.2. The van der Waals surface area contributed by atoms with Crippen LogP contribution in [0.2, 0.25) is 0 Å². The molecule has 1 heteroatoms. The van der Waals surface area contributed by atoms with Crippen LogP contribution in [0.5, 0.6) is 0 Å². The van der Waals surface area contributed by atoms with Crippen LogP contribution in [0, 0.1) is 0 Å². The molecule has 0 aliphatic rings. The highest BCUT2D eigenvalue weighted by molar-refractivity contribution is 6.23. The smallest absolute Gasteiger partial charge is 0.136 e. The molecule has 10 aromatic rings. The van der Waals surface area contributed by atoms with E-state index in [1.807, 2.05) is 12.1 Å². The van der Waals surface area contributed by atoms with Crippen LogP contribution >= 0.6 is 0 Å². The lowest BCUT2D eigenvalue weighted by molar-refractivity contribution is 0.669. The standard InChI is InChI=1S/C46H28O/c1-2-12-34-29(10-1)11-9-18-35(34)30-20-22-31(23-21-30)44-37-13-3-5-15-39(37)45(40-16-6-4-14-38(40)44)33-24-26-36-32(28-33)25-27-43-46(36)41-17-7-8-19-42(41)47-43/h1-28H. The Morgan fingerprint density at radius 3 is 1.57 bits per heavy atom. The van der Waals surface area contributed by atoms with Gasteiger partial charge in [0.25, 0.3) is 0 Å². The van der Waals surface area contributed by atoms with Crippen molar-refractivity contribution in [3.63, 3.8) is 0 Å². The van der Waals surface area contributed by atoms with Crippen molar-refractivity contribution in [2.45, 2.75) is 0 Å². The Labute approximate surface area is 271 Å². The van der Waals surface area contributed by atoms with Crippen molar-refractivity contribution in [1.29, 1.82) is 0 Å². The van der Waals surface area contributed by atoms with Crippen LogP contribution < -0.4 is 0 Å². The van der Waals surface area contributed by atoms with E-state index in [0.717, 1.165) is 16.6 Å². The van der Waals surface area contributed by atoms with Crippen LogP contribution in [0.15, 0.2) is 174 Å². The molecule has 0 unspecified atom stereocenters. The molecule has 10 rings (SSSR count). The van der Waals surface area contributed by atoms with Crippen LogP contribution in [-0.2, 0) is 0 Å². The van der Waals surface area contributed by atoms with Crippen LogP contribution in [0.4, 0.5) is 0 Å². The van der Waals surface area contributed by atoms with Gasteiger partial charge in [-0.2, -0.15) is 0 Å². The van der Waals surface area contributed by atoms with Crippen LogP contribution in [0.3, 0.4) is 0 Å². The van der Waals surface area contributed by atoms with Gasteiger partial charge in [0.1, 0.15) is 11.2 Å². The first-order chi connectivity index (χ1) is 23.3. The van der Waals surface area contributed by atoms with Crippen molar-refractivity contribution < 1.29 is 4.42 Å². The molecule has 0 bridgehead atoms. The molecule has 218 valence electrons. The highest BCUT2D eigenvalue weighted by atomic mass is 16.3. The van der Waals surface area contributed by atoms with Gasteiger partial charge in [-0.3, -0.25) is 0 Å². The molecular weight excluding hydrogens is 569 g/mol. The summed E-state index contributed by atoms with van der Waals surface area (Å²) in [6.07, 6.45) is 0. The lowest BCUT2D eigenvalue weighted by atomic mass is 9.85. The van der Waals surface area contributed by atoms with Gasteiger partial charge in [0, 0.05) is 10.8 Å². The van der Waals surface area contributed by atoms with Gasteiger partial charge < -0.3 is 4.42 Å². The molecule has 0 saturated carbocycles. The predicted molar refractivity (Wildman–Crippen MR) is 200 cm³/mol. The third kappa shape index (κ3) is 3.97. The molecule has 0 amide bonds. The van der Waals surface area contributed by atoms with Gasteiger partial charge in [-0.1, -0.05) is 152 Å². The zero-order chi connectivity index (χ0) is 30.9. The van der Waals surface area contributed by atoms with E-state index >= 15 is 0 Å². The van der Waals surface area contributed by atoms with E-state index in [1.54, 1.807) is 0 Å². The van der Waals surface area contributed by atoms with E-state index in [2.05, 4.69) is 158 Å². The topological polar surface area (TPSA) is 13.1 Å². The first kappa shape index (κ1) is 26.1. The van der Waals surface area contributed by atoms with Crippen LogP contribution in [0.1, 0.15) is 0 Å². The van der Waals surface area contributed by atoms with Gasteiger partial charge >= 0.3 is 0 Å². The van der Waals surface area contributed by atoms with E-state index in [-0.39, 0.29) is 0 Å². The number of furan rings is 1. The first-order valence-corrected chi connectivity index (χ1v) is 16.2. The summed E-state index contributed by atoms with van der Waals surface area (Å²) in [6, 6.07) is 61.6. The summed E-state index contributed by atoms with van der Waals surface area (Å²) in [5.74, 6) is 0. The number of fused-ring (bicyclic) bond motifs is 8. The molecular formula is C46H28O. The molecule has 0 fully saturated rings. The Kier molecular flexibility index (Phi) is 5.64. The van der Waals surface area contributed by atoms with Crippen molar-refractivity contribution in [3.05, 3.63) is 170 Å². The van der Waals surface area contributed by atoms with Gasteiger partial charge in [-0.15, -0.1) is 0 Å². The fourth-order valence-electron chi connectivity index (χ4n) is 7.75. The second-order valence-corrected chi connectivity index (χ2v) is 12.4. The van der Waals surface area contributed by atoms with Gasteiger partial charge in [0.05, 0.1) is 0 Å². The van der Waals surface area contributed by atoms with E-state index in [9.17, 15) is 0 Å². The fraction of sp³-hybridized carbons (Fsp3) is 0. The lowest BCUT2D eigenvalue weighted by Gasteiger charge is -2.18. The Morgan fingerprint density at radius 2 is 0.851 bits per heavy atom. The third-order valence-electron chi connectivity index (χ3n) is 9.85. The fourth-order valence-corrected chi connectivity index (χ4v) is 7.75. The lowest BCUT2D eigenvalue weighted by Crippen LogP contribution is -1.91. The monoisotopic (exact) mass is 596 g/mol. The van der Waals surface area contributed by atoms with Crippen molar-refractivity contribution in [1.82, 2.24) is 0 Å². The number of hydrogen-bond acceptors (Lipinski definition) is 1. The maximum atomic E-state index is 6.20. The minimum atomic E-state index is 0.928. The SMILES string of the molecule is c1ccc2c(-c3ccc(-c4c5ccccc5c(-c5ccc6c(ccc7oc8ccccc8c76)c5)c5ccccc45)cc3)cccc2c1. The molecule has 1 heterocycles. The Morgan fingerprint density at radius 1 is 0.298 bits per heavy atom. The third-order valence-corrected chi connectivity index (χ3v) is 9.85. The number of benzene rings is 9. The highest BCUT2D eigenvalue weighted by Gasteiger charge is 2.18. The summed E-state index contributed by atoms with van der Waals surface area (Å²) in [6.45, 7) is 0. The van der Waals surface area contributed by atoms with Gasteiger partial charge in [0.2, 0.25) is 0 Å². The summed E-state index contributed by atoms with van der Waals surface area (Å²) in [7, 11) is 0. The minimum absolute atomic E-state index is 0.928. The predicted octanol–water partition coefficient (Wildman–Crippen LogP) is 13.2. The maximum Gasteiger partial charge on any atom is 0.136 e. The summed E-state index contributed by atoms with van der Waals surface area (Å²) in [5.41, 5.74) is 9.33. The quantitative estimate of drug-likeness (QED) is 0.185. The molecule has 0 aliphatic carbocycles. The van der Waals surface area contributed by atoms with Gasteiger partial charge in [0.15, 0.2) is 0 Å². The molecule has 0 N–H and O–H groups in total. The van der Waals surface area contributed by atoms with E-state index in [4.69, 9.17) is 4.42 Å². The molecule has 0 spiro atoms. The summed E-state index contributed by atoms with van der Waals surface area (Å²) in [4.78, 5) is 0. The van der Waals surface area contributed by atoms with Crippen LogP contribution in [0.25, 0.3) is 98.4 Å². The summed E-state index contributed by atoms with van der Waals surface area (Å²) in [5, 5.41) is 12.3. The summed E-state index contributed by atoms with van der Waals surface area (Å²) >= 11 is 0. The molecule has 0 saturated heterocycles. The zero-order valence-corrected chi connectivity index (χ0v) is 25.6. The second-order valence-electron chi connectivity index (χ2n) is 12.4. The minimum Gasteiger partial charge on any atom is -0.456 e. The van der Waals surface area contributed by atoms with E-state index in [1.165, 1.54) is 81.9 Å². The van der Waals surface area contributed by atoms with Gasteiger partial charge in [-0.25, -0.2) is 0 Å². The van der Waals surface area contributed by atoms with Crippen molar-refractivity contribution in [2.75, 3.05) is 0 Å². The Bertz CT molecular complexity index is 2770. The van der Waals surface area contributed by atoms with E-state index in [0.29, 0.717) is 0 Å². The number of para-hydroxylation sites is 1. The Hall–Kier alpha value is -6.18. The van der Waals surface area contributed by atoms with Gasteiger partial charge in [-0.05, 0) is 94.7 Å². The maximum absolute atomic E-state index is 6.20. The van der Waals surface area contributed by atoms with Crippen molar-refractivity contribution in [2.24, 2.45) is 0 Å². The largest absolute Gasteiger partial charge is 0.456 e. The molecule has 1 aromatic heterocycles. The summed E-state index contributed by atoms with van der Waals surface area (Å²) < 4.78 is 6.20. The second kappa shape index (κ2) is 10.2.